The zero-order chi connectivity index (χ0) is 17.2. The van der Waals surface area contributed by atoms with Crippen molar-refractivity contribution in [1.29, 1.82) is 0 Å². The summed E-state index contributed by atoms with van der Waals surface area (Å²) in [6, 6.07) is 2.03. The number of nitrogens with zero attached hydrogens (tertiary/aromatic N) is 4. The van der Waals surface area contributed by atoms with E-state index in [1.54, 1.807) is 6.92 Å². The first-order valence-corrected chi connectivity index (χ1v) is 9.99. The van der Waals surface area contributed by atoms with Gasteiger partial charge in [0.05, 0.1) is 10.9 Å². The fraction of sp³-hybridized carbons (Fsp3) is 0.750. The number of aromatic nitrogens is 2. The van der Waals surface area contributed by atoms with Crippen LogP contribution in [0.25, 0.3) is 0 Å². The van der Waals surface area contributed by atoms with Crippen molar-refractivity contribution >= 4 is 21.6 Å². The quantitative estimate of drug-likeness (QED) is 0.817. The highest BCUT2D eigenvalue weighted by Gasteiger charge is 2.29. The van der Waals surface area contributed by atoms with Crippen molar-refractivity contribution in [2.45, 2.75) is 44.8 Å². The van der Waals surface area contributed by atoms with E-state index in [1.165, 1.54) is 0 Å². The maximum atomic E-state index is 12.0. The molecule has 1 fully saturated rings. The van der Waals surface area contributed by atoms with Gasteiger partial charge in [-0.05, 0) is 18.8 Å². The number of hydrogen-bond acceptors (Lipinski definition) is 6. The van der Waals surface area contributed by atoms with Crippen molar-refractivity contribution in [2.75, 3.05) is 42.7 Å². The smallest absolute Gasteiger partial charge is 0.227 e. The molecular weight excluding hydrogens is 312 g/mol. The molecule has 0 bridgehead atoms. The summed E-state index contributed by atoms with van der Waals surface area (Å²) in [6.07, 6.45) is 1.35. The van der Waals surface area contributed by atoms with E-state index in [9.17, 15) is 8.42 Å². The molecule has 7 heteroatoms. The third-order valence-electron chi connectivity index (χ3n) is 4.39. The van der Waals surface area contributed by atoms with Gasteiger partial charge in [0.2, 0.25) is 5.95 Å². The van der Waals surface area contributed by atoms with E-state index in [0.29, 0.717) is 24.7 Å². The van der Waals surface area contributed by atoms with Crippen LogP contribution >= 0.6 is 0 Å². The van der Waals surface area contributed by atoms with Crippen LogP contribution in [-0.4, -0.2) is 56.6 Å². The first kappa shape index (κ1) is 18.0. The van der Waals surface area contributed by atoms with Gasteiger partial charge in [-0.15, -0.1) is 0 Å². The lowest BCUT2D eigenvalue weighted by atomic mass is 10.1. The summed E-state index contributed by atoms with van der Waals surface area (Å²) in [7, 11) is 0.930. The molecule has 23 heavy (non-hydrogen) atoms. The second kappa shape index (κ2) is 7.03. The minimum absolute atomic E-state index is 0.205. The molecule has 1 aromatic heterocycles. The van der Waals surface area contributed by atoms with E-state index in [-0.39, 0.29) is 11.0 Å². The fourth-order valence-electron chi connectivity index (χ4n) is 2.78. The minimum Gasteiger partial charge on any atom is -0.356 e. The predicted molar refractivity (Wildman–Crippen MR) is 95.1 cm³/mol. The van der Waals surface area contributed by atoms with Crippen molar-refractivity contribution < 1.29 is 8.42 Å². The molecule has 6 nitrogen and oxygen atoms in total. The van der Waals surface area contributed by atoms with Crippen LogP contribution in [0.4, 0.5) is 11.8 Å². The maximum absolute atomic E-state index is 12.0. The average molecular weight is 340 g/mol. The van der Waals surface area contributed by atoms with Crippen molar-refractivity contribution in [3.8, 4) is 0 Å². The largest absolute Gasteiger partial charge is 0.356 e. The molecule has 2 rings (SSSR count). The van der Waals surface area contributed by atoms with Gasteiger partial charge in [0.15, 0.2) is 9.84 Å². The van der Waals surface area contributed by atoms with Crippen LogP contribution in [0.1, 0.15) is 45.2 Å². The zero-order valence-corrected chi connectivity index (χ0v) is 15.6. The first-order valence-electron chi connectivity index (χ1n) is 8.27. The molecule has 0 amide bonds. The molecule has 1 aliphatic heterocycles. The van der Waals surface area contributed by atoms with E-state index in [1.807, 2.05) is 25.1 Å². The Balaban J connectivity index is 2.20. The van der Waals surface area contributed by atoms with Gasteiger partial charge in [-0.2, -0.15) is 4.98 Å². The Morgan fingerprint density at radius 1 is 1.26 bits per heavy atom. The van der Waals surface area contributed by atoms with Crippen molar-refractivity contribution in [2.24, 2.45) is 0 Å². The van der Waals surface area contributed by atoms with Gasteiger partial charge in [0, 0.05) is 39.0 Å². The van der Waals surface area contributed by atoms with Gasteiger partial charge in [-0.3, -0.25) is 0 Å². The number of piperidine rings is 1. The Labute approximate surface area is 139 Å². The molecule has 0 aliphatic carbocycles. The maximum Gasteiger partial charge on any atom is 0.227 e. The van der Waals surface area contributed by atoms with Crippen LogP contribution in [0.2, 0.25) is 0 Å². The summed E-state index contributed by atoms with van der Waals surface area (Å²) in [5.41, 5.74) is 1.02. The fourth-order valence-corrected chi connectivity index (χ4v) is 4.18. The molecule has 0 aromatic carbocycles. The lowest BCUT2D eigenvalue weighted by Gasteiger charge is -2.33. The Morgan fingerprint density at radius 2 is 1.87 bits per heavy atom. The summed E-state index contributed by atoms with van der Waals surface area (Å²) in [5.74, 6) is 2.16. The SMILES string of the molecule is CCS(=O)(=O)C1CCN(c2cc(C(C)C)nc(N(C)C)n2)CC1. The Bertz CT molecular complexity index is 609. The van der Waals surface area contributed by atoms with Crippen molar-refractivity contribution in [3.63, 3.8) is 0 Å². The number of sulfone groups is 1. The van der Waals surface area contributed by atoms with Crippen LogP contribution in [0.3, 0.4) is 0 Å². The van der Waals surface area contributed by atoms with E-state index in [0.717, 1.165) is 24.6 Å². The predicted octanol–water partition coefficient (Wildman–Crippen LogP) is 2.07. The van der Waals surface area contributed by atoms with Gasteiger partial charge >= 0.3 is 0 Å². The normalized spacial score (nSPS) is 16.9. The molecule has 0 atom stereocenters. The Kier molecular flexibility index (Phi) is 5.49. The molecule has 1 saturated heterocycles. The van der Waals surface area contributed by atoms with Gasteiger partial charge in [-0.1, -0.05) is 20.8 Å². The summed E-state index contributed by atoms with van der Waals surface area (Å²) in [6.45, 7) is 7.41. The molecule has 0 unspecified atom stereocenters. The summed E-state index contributed by atoms with van der Waals surface area (Å²) in [5, 5.41) is -0.205. The number of hydrogen-bond donors (Lipinski definition) is 0. The molecule has 0 N–H and O–H groups in total. The van der Waals surface area contributed by atoms with Crippen LogP contribution in [-0.2, 0) is 9.84 Å². The summed E-state index contributed by atoms with van der Waals surface area (Å²) in [4.78, 5) is 13.3. The van der Waals surface area contributed by atoms with Gasteiger partial charge in [0.1, 0.15) is 5.82 Å². The Morgan fingerprint density at radius 3 is 2.35 bits per heavy atom. The van der Waals surface area contributed by atoms with E-state index in [2.05, 4.69) is 28.7 Å². The molecule has 0 radical (unpaired) electrons. The van der Waals surface area contributed by atoms with Crippen LogP contribution in [0.15, 0.2) is 6.07 Å². The van der Waals surface area contributed by atoms with Crippen molar-refractivity contribution in [1.82, 2.24) is 9.97 Å². The second-order valence-corrected chi connectivity index (χ2v) is 9.21. The molecule has 130 valence electrons. The van der Waals surface area contributed by atoms with Crippen LogP contribution < -0.4 is 9.80 Å². The summed E-state index contributed by atoms with van der Waals surface area (Å²) < 4.78 is 24.1. The van der Waals surface area contributed by atoms with Gasteiger partial charge in [0.25, 0.3) is 0 Å². The van der Waals surface area contributed by atoms with Crippen LogP contribution in [0.5, 0.6) is 0 Å². The highest BCUT2D eigenvalue weighted by Crippen LogP contribution is 2.26. The van der Waals surface area contributed by atoms with Gasteiger partial charge < -0.3 is 9.80 Å². The lowest BCUT2D eigenvalue weighted by molar-refractivity contribution is 0.528. The van der Waals surface area contributed by atoms with E-state index < -0.39 is 9.84 Å². The molecule has 0 spiro atoms. The third-order valence-corrected chi connectivity index (χ3v) is 6.68. The molecule has 0 saturated carbocycles. The summed E-state index contributed by atoms with van der Waals surface area (Å²) >= 11 is 0. The van der Waals surface area contributed by atoms with E-state index in [4.69, 9.17) is 0 Å². The third kappa shape index (κ3) is 4.13. The Hall–Kier alpha value is -1.37. The minimum atomic E-state index is -2.94. The first-order chi connectivity index (χ1) is 10.7. The molecule has 2 heterocycles. The topological polar surface area (TPSA) is 66.4 Å². The monoisotopic (exact) mass is 340 g/mol. The van der Waals surface area contributed by atoms with Crippen molar-refractivity contribution in [3.05, 3.63) is 11.8 Å². The standard InChI is InChI=1S/C16H28N4O2S/c1-6-23(21,22)13-7-9-20(10-8-13)15-11-14(12(2)3)17-16(18-15)19(4)5/h11-13H,6-10H2,1-5H3. The molecule has 1 aliphatic rings. The van der Waals surface area contributed by atoms with E-state index >= 15 is 0 Å². The highest BCUT2D eigenvalue weighted by atomic mass is 32.2. The molecular formula is C16H28N4O2S. The van der Waals surface area contributed by atoms with Gasteiger partial charge in [-0.25, -0.2) is 13.4 Å². The zero-order valence-electron chi connectivity index (χ0n) is 14.8. The molecule has 1 aromatic rings. The number of rotatable bonds is 5. The highest BCUT2D eigenvalue weighted by molar-refractivity contribution is 7.92. The van der Waals surface area contributed by atoms with Crippen LogP contribution in [0, 0.1) is 0 Å². The average Bonchev–Trinajstić information content (AvgIpc) is 2.54. The number of anilines is 2. The lowest BCUT2D eigenvalue weighted by Crippen LogP contribution is -2.40. The second-order valence-electron chi connectivity index (χ2n) is 6.64.